The smallest absolute Gasteiger partial charge is 0.188 e. The van der Waals surface area contributed by atoms with Crippen molar-refractivity contribution in [1.29, 1.82) is 5.26 Å². The van der Waals surface area contributed by atoms with Crippen LogP contribution in [0.3, 0.4) is 0 Å². The highest BCUT2D eigenvalue weighted by Gasteiger charge is 2.40. The Morgan fingerprint density at radius 1 is 0.740 bits per heavy atom. The van der Waals surface area contributed by atoms with Crippen LogP contribution in [0.15, 0.2) is 164 Å². The lowest BCUT2D eigenvalue weighted by Gasteiger charge is -2.39. The van der Waals surface area contributed by atoms with E-state index in [0.29, 0.717) is 23.5 Å². The molecule has 0 bridgehead atoms. The van der Waals surface area contributed by atoms with Gasteiger partial charge in [0.2, 0.25) is 0 Å². The normalized spacial score (nSPS) is 11.2. The summed E-state index contributed by atoms with van der Waals surface area (Å²) in [5.41, 5.74) is 6.04. The quantitative estimate of drug-likeness (QED) is 0.149. The van der Waals surface area contributed by atoms with Crippen molar-refractivity contribution < 1.29 is 9.50 Å². The minimum atomic E-state index is -0.887. The topological polar surface area (TPSA) is 65.1 Å². The van der Waals surface area contributed by atoms with E-state index in [1.165, 1.54) is 6.07 Å². The lowest BCUT2D eigenvalue weighted by molar-refractivity contribution is 0.431. The molecule has 0 unspecified atom stereocenters. The van der Waals surface area contributed by atoms with Crippen LogP contribution in [0.25, 0.3) is 11.3 Å². The fourth-order valence-electron chi connectivity index (χ4n) is 6.75. The fourth-order valence-corrected chi connectivity index (χ4v) is 6.75. The second-order valence-corrected chi connectivity index (χ2v) is 12.1. The molecule has 0 spiro atoms. The average Bonchev–Trinajstić information content (AvgIpc) is 3.61. The van der Waals surface area contributed by atoms with Crippen molar-refractivity contribution in [2.24, 2.45) is 0 Å². The largest absolute Gasteiger partial charge is 0.505 e. The highest BCUT2D eigenvalue weighted by Crippen LogP contribution is 2.44. The van der Waals surface area contributed by atoms with Crippen LogP contribution in [-0.4, -0.2) is 14.7 Å². The zero-order chi connectivity index (χ0) is 34.5. The van der Waals surface area contributed by atoms with Crippen LogP contribution in [0.5, 0.6) is 5.75 Å². The summed E-state index contributed by atoms with van der Waals surface area (Å²) >= 11 is 0. The summed E-state index contributed by atoms with van der Waals surface area (Å²) in [5.74, 6) is -0.488. The lowest BCUT2D eigenvalue weighted by Crippen LogP contribution is -2.39. The third-order valence-corrected chi connectivity index (χ3v) is 9.19. The molecular weight excluding hydrogens is 620 g/mol. The summed E-state index contributed by atoms with van der Waals surface area (Å²) in [7, 11) is 0. The predicted octanol–water partition coefficient (Wildman–Crippen LogP) is 10.0. The number of aromatic hydroxyl groups is 1. The Morgan fingerprint density at radius 2 is 1.26 bits per heavy atom. The van der Waals surface area contributed by atoms with E-state index in [1.54, 1.807) is 30.3 Å². The Hall–Kier alpha value is -6.45. The number of halogens is 1. The molecule has 7 aromatic rings. The highest BCUT2D eigenvalue weighted by molar-refractivity contribution is 5.68. The van der Waals surface area contributed by atoms with Crippen LogP contribution in [0.2, 0.25) is 0 Å². The Labute approximate surface area is 291 Å². The van der Waals surface area contributed by atoms with Gasteiger partial charge in [0.05, 0.1) is 29.6 Å². The molecule has 0 amide bonds. The third kappa shape index (κ3) is 5.91. The first-order chi connectivity index (χ1) is 24.5. The van der Waals surface area contributed by atoms with Crippen molar-refractivity contribution in [2.45, 2.75) is 25.4 Å². The van der Waals surface area contributed by atoms with Crippen LogP contribution in [0.1, 0.15) is 40.6 Å². The van der Waals surface area contributed by atoms with Gasteiger partial charge in [-0.3, -0.25) is 0 Å². The summed E-state index contributed by atoms with van der Waals surface area (Å²) in [6, 6.07) is 53.6. The van der Waals surface area contributed by atoms with Crippen molar-refractivity contribution in [1.82, 2.24) is 9.55 Å². The molecule has 1 aromatic heterocycles. The van der Waals surface area contributed by atoms with Gasteiger partial charge in [0.25, 0.3) is 0 Å². The maximum atomic E-state index is 16.1. The molecule has 6 aromatic carbocycles. The molecule has 7 rings (SSSR count). The first-order valence-corrected chi connectivity index (χ1v) is 16.6. The van der Waals surface area contributed by atoms with Crippen molar-refractivity contribution >= 4 is 11.4 Å². The van der Waals surface area contributed by atoms with Gasteiger partial charge in [-0.15, -0.1) is 0 Å². The van der Waals surface area contributed by atoms with Gasteiger partial charge in [0.1, 0.15) is 11.4 Å². The van der Waals surface area contributed by atoms with E-state index >= 15 is 4.39 Å². The second kappa shape index (κ2) is 14.0. The van der Waals surface area contributed by atoms with Crippen molar-refractivity contribution in [3.63, 3.8) is 0 Å². The van der Waals surface area contributed by atoms with Gasteiger partial charge in [0, 0.05) is 17.4 Å². The van der Waals surface area contributed by atoms with E-state index in [1.807, 2.05) is 96.8 Å². The number of nitrogens with zero attached hydrogens (tertiary/aromatic N) is 4. The monoisotopic (exact) mass is 654 g/mol. The van der Waals surface area contributed by atoms with Gasteiger partial charge in [0.15, 0.2) is 11.6 Å². The van der Waals surface area contributed by atoms with Crippen LogP contribution in [-0.2, 0) is 18.5 Å². The molecule has 0 atom stereocenters. The molecule has 0 saturated heterocycles. The number of phenolic OH excluding ortho intramolecular Hbond substituents is 1. The van der Waals surface area contributed by atoms with Gasteiger partial charge in [-0.25, -0.2) is 9.37 Å². The first kappa shape index (κ1) is 32.1. The Kier molecular flexibility index (Phi) is 8.96. The van der Waals surface area contributed by atoms with Crippen LogP contribution < -0.4 is 4.90 Å². The predicted molar refractivity (Wildman–Crippen MR) is 197 cm³/mol. The molecule has 0 saturated carbocycles. The number of nitriles is 1. The number of imidazole rings is 1. The first-order valence-electron chi connectivity index (χ1n) is 16.6. The molecule has 0 aliphatic carbocycles. The van der Waals surface area contributed by atoms with Crippen LogP contribution >= 0.6 is 0 Å². The van der Waals surface area contributed by atoms with Crippen LogP contribution in [0, 0.1) is 17.1 Å². The maximum absolute atomic E-state index is 16.1. The number of phenols is 1. The molecule has 0 aliphatic rings. The van der Waals surface area contributed by atoms with E-state index in [2.05, 4.69) is 53.2 Å². The molecule has 1 N–H and O–H groups in total. The SMILES string of the molecule is CCc1cc(O)c(F)c(N(Cc2nc(-c3ccccc3)cn2C(c2ccccc2)(c2ccccc2)c2ccccc2)c2ccc(C#N)cc2)c1. The van der Waals surface area contributed by atoms with E-state index in [-0.39, 0.29) is 12.2 Å². The van der Waals surface area contributed by atoms with Crippen LogP contribution in [0.4, 0.5) is 15.8 Å². The number of aromatic nitrogens is 2. The molecule has 0 aliphatic heterocycles. The van der Waals surface area contributed by atoms with Gasteiger partial charge in [-0.2, -0.15) is 5.26 Å². The van der Waals surface area contributed by atoms with Crippen molar-refractivity contribution in [3.05, 3.63) is 203 Å². The van der Waals surface area contributed by atoms with E-state index < -0.39 is 17.1 Å². The Morgan fingerprint density at radius 3 is 1.76 bits per heavy atom. The van der Waals surface area contributed by atoms with Crippen molar-refractivity contribution in [3.8, 4) is 23.1 Å². The summed E-state index contributed by atoms with van der Waals surface area (Å²) < 4.78 is 18.3. The number of aryl methyl sites for hydroxylation is 1. The minimum absolute atomic E-state index is 0.135. The standard InChI is InChI=1S/C44H35FN4O/c1-2-32-27-40(43(45)41(50)28-32)48(38-25-23-33(29-46)24-26-38)31-42-47-39(34-15-7-3-8-16-34)30-49(42)44(35-17-9-4-10-18-35,36-19-11-5-12-20-36)37-21-13-6-14-22-37/h3-28,30,50H,2,31H2,1H3. The van der Waals surface area contributed by atoms with Gasteiger partial charge < -0.3 is 14.6 Å². The molecule has 0 fully saturated rings. The van der Waals surface area contributed by atoms with Gasteiger partial charge >= 0.3 is 0 Å². The van der Waals surface area contributed by atoms with Crippen molar-refractivity contribution in [2.75, 3.05) is 4.90 Å². The molecule has 50 heavy (non-hydrogen) atoms. The molecule has 0 radical (unpaired) electrons. The zero-order valence-electron chi connectivity index (χ0n) is 27.6. The summed E-state index contributed by atoms with van der Waals surface area (Å²) in [6.45, 7) is 2.10. The zero-order valence-corrected chi connectivity index (χ0v) is 27.6. The average molecular weight is 655 g/mol. The van der Waals surface area contributed by atoms with E-state index in [4.69, 9.17) is 4.98 Å². The number of anilines is 2. The summed E-state index contributed by atoms with van der Waals surface area (Å²) in [6.07, 6.45) is 2.69. The van der Waals surface area contributed by atoms with E-state index in [9.17, 15) is 10.4 Å². The highest BCUT2D eigenvalue weighted by atomic mass is 19.1. The molecule has 1 heterocycles. The number of rotatable bonds is 10. The Bertz CT molecular complexity index is 2150. The maximum Gasteiger partial charge on any atom is 0.188 e. The Balaban J connectivity index is 1.55. The summed E-state index contributed by atoms with van der Waals surface area (Å²) in [4.78, 5) is 7.15. The van der Waals surface area contributed by atoms with E-state index in [0.717, 1.165) is 33.5 Å². The molecule has 6 heteroatoms. The number of benzene rings is 6. The second-order valence-electron chi connectivity index (χ2n) is 12.1. The molecular formula is C44H35FN4O. The third-order valence-electron chi connectivity index (χ3n) is 9.19. The van der Waals surface area contributed by atoms with Gasteiger partial charge in [-0.1, -0.05) is 128 Å². The number of hydrogen-bond acceptors (Lipinski definition) is 4. The minimum Gasteiger partial charge on any atom is -0.505 e. The molecule has 5 nitrogen and oxygen atoms in total. The molecule has 244 valence electrons. The lowest BCUT2D eigenvalue weighted by atomic mass is 9.76. The summed E-state index contributed by atoms with van der Waals surface area (Å²) in [5, 5.41) is 20.3. The fraction of sp³-hybridized carbons (Fsp3) is 0.0909. The van der Waals surface area contributed by atoms with Gasteiger partial charge in [-0.05, 0) is 65.1 Å². The number of hydrogen-bond donors (Lipinski definition) is 1.